The van der Waals surface area contributed by atoms with Gasteiger partial charge in [0, 0.05) is 12.3 Å². The highest BCUT2D eigenvalue weighted by atomic mass is 32.2. The standard InChI is InChI=1S/C12H19NO4S/c1-9(13-11(7-14)8-15)10-3-5-12(6-4-10)18(2,16)17/h3-6,9,11,13-15H,7-8H2,1-2H3. The van der Waals surface area contributed by atoms with Crippen LogP contribution >= 0.6 is 0 Å². The van der Waals surface area contributed by atoms with E-state index in [1.165, 1.54) is 0 Å². The molecular weight excluding hydrogens is 254 g/mol. The van der Waals surface area contributed by atoms with Crippen LogP contribution in [0.25, 0.3) is 0 Å². The fourth-order valence-electron chi connectivity index (χ4n) is 1.62. The number of benzene rings is 1. The van der Waals surface area contributed by atoms with E-state index in [0.717, 1.165) is 11.8 Å². The van der Waals surface area contributed by atoms with Gasteiger partial charge in [0.25, 0.3) is 0 Å². The number of rotatable bonds is 6. The second-order valence-corrected chi connectivity index (χ2v) is 6.31. The summed E-state index contributed by atoms with van der Waals surface area (Å²) in [6.45, 7) is 1.58. The predicted octanol–water partition coefficient (Wildman–Crippen LogP) is 0.0939. The van der Waals surface area contributed by atoms with Crippen LogP contribution in [-0.2, 0) is 9.84 Å². The van der Waals surface area contributed by atoms with Gasteiger partial charge >= 0.3 is 0 Å². The lowest BCUT2D eigenvalue weighted by molar-refractivity contribution is 0.163. The first-order valence-corrected chi connectivity index (χ1v) is 7.55. The second-order valence-electron chi connectivity index (χ2n) is 4.29. The monoisotopic (exact) mass is 273 g/mol. The molecule has 0 saturated carbocycles. The highest BCUT2D eigenvalue weighted by Gasteiger charge is 2.13. The molecule has 0 saturated heterocycles. The van der Waals surface area contributed by atoms with E-state index in [1.807, 2.05) is 6.92 Å². The molecule has 6 heteroatoms. The summed E-state index contributed by atoms with van der Waals surface area (Å²) >= 11 is 0. The first kappa shape index (κ1) is 15.1. The smallest absolute Gasteiger partial charge is 0.175 e. The van der Waals surface area contributed by atoms with Gasteiger partial charge in [-0.3, -0.25) is 0 Å². The number of aliphatic hydroxyl groups is 2. The predicted molar refractivity (Wildman–Crippen MR) is 69.1 cm³/mol. The van der Waals surface area contributed by atoms with Crippen LogP contribution in [0.5, 0.6) is 0 Å². The van der Waals surface area contributed by atoms with E-state index < -0.39 is 9.84 Å². The molecule has 1 unspecified atom stereocenters. The van der Waals surface area contributed by atoms with Crippen molar-refractivity contribution in [2.45, 2.75) is 23.9 Å². The highest BCUT2D eigenvalue weighted by Crippen LogP contribution is 2.16. The topological polar surface area (TPSA) is 86.6 Å². The lowest BCUT2D eigenvalue weighted by atomic mass is 10.1. The number of hydrogen-bond donors (Lipinski definition) is 3. The summed E-state index contributed by atoms with van der Waals surface area (Å²) in [5.41, 5.74) is 0.898. The normalized spacial score (nSPS) is 13.8. The summed E-state index contributed by atoms with van der Waals surface area (Å²) < 4.78 is 22.6. The van der Waals surface area contributed by atoms with Crippen molar-refractivity contribution in [3.8, 4) is 0 Å². The van der Waals surface area contributed by atoms with Gasteiger partial charge in [-0.05, 0) is 24.6 Å². The maximum absolute atomic E-state index is 11.3. The Morgan fingerprint density at radius 3 is 2.06 bits per heavy atom. The zero-order chi connectivity index (χ0) is 13.8. The van der Waals surface area contributed by atoms with Crippen molar-refractivity contribution in [2.24, 2.45) is 0 Å². The number of sulfone groups is 1. The van der Waals surface area contributed by atoms with Crippen molar-refractivity contribution in [1.29, 1.82) is 0 Å². The van der Waals surface area contributed by atoms with Gasteiger partial charge in [-0.1, -0.05) is 12.1 Å². The highest BCUT2D eigenvalue weighted by molar-refractivity contribution is 7.90. The second kappa shape index (κ2) is 6.29. The maximum Gasteiger partial charge on any atom is 0.175 e. The third-order valence-corrected chi connectivity index (χ3v) is 3.86. The van der Waals surface area contributed by atoms with Gasteiger partial charge in [-0.25, -0.2) is 8.42 Å². The number of hydrogen-bond acceptors (Lipinski definition) is 5. The van der Waals surface area contributed by atoms with Crippen molar-refractivity contribution in [1.82, 2.24) is 5.32 Å². The minimum absolute atomic E-state index is 0.0806. The average Bonchev–Trinajstić information content (AvgIpc) is 2.34. The van der Waals surface area contributed by atoms with Crippen molar-refractivity contribution >= 4 is 9.84 Å². The summed E-state index contributed by atoms with van der Waals surface area (Å²) in [5.74, 6) is 0. The van der Waals surface area contributed by atoms with Crippen LogP contribution in [0.4, 0.5) is 0 Å². The third kappa shape index (κ3) is 4.06. The van der Waals surface area contributed by atoms with Gasteiger partial charge < -0.3 is 15.5 Å². The zero-order valence-electron chi connectivity index (χ0n) is 10.5. The molecule has 5 nitrogen and oxygen atoms in total. The third-order valence-electron chi connectivity index (χ3n) is 2.73. The van der Waals surface area contributed by atoms with E-state index >= 15 is 0 Å². The molecule has 0 fully saturated rings. The Labute approximate surface area is 107 Å². The van der Waals surface area contributed by atoms with Crippen LogP contribution in [0.2, 0.25) is 0 Å². The molecule has 1 aromatic rings. The van der Waals surface area contributed by atoms with Crippen LogP contribution in [0.15, 0.2) is 29.2 Å². The van der Waals surface area contributed by atoms with E-state index in [0.29, 0.717) is 0 Å². The molecule has 1 rings (SSSR count). The summed E-state index contributed by atoms with van der Waals surface area (Å²) in [7, 11) is -3.18. The fourth-order valence-corrected chi connectivity index (χ4v) is 2.25. The largest absolute Gasteiger partial charge is 0.395 e. The summed E-state index contributed by atoms with van der Waals surface area (Å²) in [6.07, 6.45) is 1.16. The van der Waals surface area contributed by atoms with Crippen molar-refractivity contribution in [3.63, 3.8) is 0 Å². The van der Waals surface area contributed by atoms with E-state index in [9.17, 15) is 8.42 Å². The molecule has 0 aliphatic heterocycles. The van der Waals surface area contributed by atoms with Gasteiger partial charge in [0.15, 0.2) is 9.84 Å². The molecule has 1 aromatic carbocycles. The Balaban J connectivity index is 2.79. The van der Waals surface area contributed by atoms with Crippen LogP contribution < -0.4 is 5.32 Å². The summed E-state index contributed by atoms with van der Waals surface area (Å²) in [5, 5.41) is 21.0. The van der Waals surface area contributed by atoms with Crippen LogP contribution in [0, 0.1) is 0 Å². The molecule has 0 bridgehead atoms. The Morgan fingerprint density at radius 2 is 1.67 bits per heavy atom. The Bertz CT molecular complexity index is 465. The lowest BCUT2D eigenvalue weighted by Crippen LogP contribution is -2.37. The first-order chi connectivity index (χ1) is 8.38. The van der Waals surface area contributed by atoms with Crippen LogP contribution in [0.1, 0.15) is 18.5 Å². The molecule has 0 heterocycles. The van der Waals surface area contributed by atoms with Crippen molar-refractivity contribution in [2.75, 3.05) is 19.5 Å². The first-order valence-electron chi connectivity index (χ1n) is 5.66. The van der Waals surface area contributed by atoms with E-state index in [2.05, 4.69) is 5.32 Å². The fraction of sp³-hybridized carbons (Fsp3) is 0.500. The number of nitrogens with one attached hydrogen (secondary N) is 1. The summed E-state index contributed by atoms with van der Waals surface area (Å²) in [6, 6.07) is 6.09. The Hall–Kier alpha value is -0.950. The van der Waals surface area contributed by atoms with Crippen molar-refractivity contribution in [3.05, 3.63) is 29.8 Å². The molecule has 102 valence electrons. The molecule has 0 aliphatic rings. The van der Waals surface area contributed by atoms with Crippen LogP contribution in [-0.4, -0.2) is 44.1 Å². The molecule has 0 aliphatic carbocycles. The van der Waals surface area contributed by atoms with Crippen LogP contribution in [0.3, 0.4) is 0 Å². The van der Waals surface area contributed by atoms with Gasteiger partial charge in [-0.2, -0.15) is 0 Å². The Kier molecular flexibility index (Phi) is 5.28. The van der Waals surface area contributed by atoms with Gasteiger partial charge in [0.1, 0.15) is 0 Å². The van der Waals surface area contributed by atoms with Gasteiger partial charge in [-0.15, -0.1) is 0 Å². The average molecular weight is 273 g/mol. The summed E-state index contributed by atoms with van der Waals surface area (Å²) in [4.78, 5) is 0.277. The van der Waals surface area contributed by atoms with Gasteiger partial charge in [0.05, 0.1) is 24.2 Å². The van der Waals surface area contributed by atoms with Gasteiger partial charge in [0.2, 0.25) is 0 Å². The molecule has 0 radical (unpaired) electrons. The molecule has 0 amide bonds. The molecule has 0 aromatic heterocycles. The number of aliphatic hydroxyl groups excluding tert-OH is 2. The van der Waals surface area contributed by atoms with Crippen molar-refractivity contribution < 1.29 is 18.6 Å². The molecular formula is C12H19NO4S. The Morgan fingerprint density at radius 1 is 1.17 bits per heavy atom. The quantitative estimate of drug-likeness (QED) is 0.684. The zero-order valence-corrected chi connectivity index (χ0v) is 11.3. The molecule has 0 spiro atoms. The lowest BCUT2D eigenvalue weighted by Gasteiger charge is -2.20. The molecule has 1 atom stereocenters. The molecule has 18 heavy (non-hydrogen) atoms. The minimum Gasteiger partial charge on any atom is -0.395 e. The van der Waals surface area contributed by atoms with E-state index in [4.69, 9.17) is 10.2 Å². The van der Waals surface area contributed by atoms with E-state index in [1.54, 1.807) is 24.3 Å². The SMILES string of the molecule is CC(NC(CO)CO)c1ccc(S(C)(=O)=O)cc1. The van der Waals surface area contributed by atoms with E-state index in [-0.39, 0.29) is 30.2 Å². The minimum atomic E-state index is -3.18. The maximum atomic E-state index is 11.3. The molecule has 3 N–H and O–H groups in total.